The van der Waals surface area contributed by atoms with Crippen LogP contribution in [0.25, 0.3) is 10.2 Å². The molecule has 0 aliphatic carbocycles. The number of anilines is 2. The van der Waals surface area contributed by atoms with E-state index in [-0.39, 0.29) is 5.91 Å². The minimum atomic E-state index is -0.274. The van der Waals surface area contributed by atoms with Crippen LogP contribution in [0.3, 0.4) is 0 Å². The molecular weight excluding hydrogens is 393 g/mol. The lowest BCUT2D eigenvalue weighted by Gasteiger charge is -2.25. The number of morpholine rings is 1. The lowest BCUT2D eigenvalue weighted by molar-refractivity contribution is 0.102. The zero-order valence-electron chi connectivity index (χ0n) is 13.7. The summed E-state index contributed by atoms with van der Waals surface area (Å²) in [5.41, 5.74) is 2.00. The molecule has 0 unspecified atom stereocenters. The molecule has 3 aromatic rings. The summed E-state index contributed by atoms with van der Waals surface area (Å²) in [6.45, 7) is 3.13. The molecule has 1 amide bonds. The molecule has 1 fully saturated rings. The van der Waals surface area contributed by atoms with E-state index in [0.717, 1.165) is 41.7 Å². The van der Waals surface area contributed by atoms with E-state index < -0.39 is 0 Å². The Balaban J connectivity index is 1.56. The smallest absolute Gasteiger partial charge is 0.257 e. The fourth-order valence-corrected chi connectivity index (χ4v) is 4.30. The number of fused-ring (bicyclic) bond motifs is 1. The van der Waals surface area contributed by atoms with Crippen molar-refractivity contribution in [2.45, 2.75) is 0 Å². The summed E-state index contributed by atoms with van der Waals surface area (Å²) >= 11 is 13.6. The zero-order chi connectivity index (χ0) is 18.1. The summed E-state index contributed by atoms with van der Waals surface area (Å²) < 4.78 is 6.41. The van der Waals surface area contributed by atoms with Crippen LogP contribution in [0.15, 0.2) is 36.4 Å². The minimum Gasteiger partial charge on any atom is -0.378 e. The molecule has 0 atom stereocenters. The van der Waals surface area contributed by atoms with Gasteiger partial charge in [0.15, 0.2) is 5.13 Å². The monoisotopic (exact) mass is 407 g/mol. The van der Waals surface area contributed by atoms with Crippen LogP contribution in [0.5, 0.6) is 0 Å². The van der Waals surface area contributed by atoms with Gasteiger partial charge in [-0.05, 0) is 36.4 Å². The molecule has 0 spiro atoms. The second kappa shape index (κ2) is 7.40. The van der Waals surface area contributed by atoms with Gasteiger partial charge in [0.1, 0.15) is 0 Å². The average Bonchev–Trinajstić information content (AvgIpc) is 3.05. The molecule has 1 aromatic heterocycles. The van der Waals surface area contributed by atoms with E-state index in [1.165, 1.54) is 0 Å². The van der Waals surface area contributed by atoms with Crippen LogP contribution in [0.4, 0.5) is 10.8 Å². The van der Waals surface area contributed by atoms with Gasteiger partial charge in [0.2, 0.25) is 0 Å². The quantitative estimate of drug-likeness (QED) is 0.683. The minimum absolute atomic E-state index is 0.274. The van der Waals surface area contributed by atoms with Gasteiger partial charge in [-0.25, -0.2) is 4.98 Å². The number of carbonyl (C=O) groups is 1. The van der Waals surface area contributed by atoms with E-state index >= 15 is 0 Å². The van der Waals surface area contributed by atoms with Crippen molar-refractivity contribution in [3.8, 4) is 0 Å². The fraction of sp³-hybridized carbons (Fsp3) is 0.222. The van der Waals surface area contributed by atoms with Gasteiger partial charge in [-0.1, -0.05) is 34.5 Å². The Hall–Kier alpha value is -1.86. The highest BCUT2D eigenvalue weighted by Crippen LogP contribution is 2.31. The highest BCUT2D eigenvalue weighted by atomic mass is 35.5. The molecule has 8 heteroatoms. The highest BCUT2D eigenvalue weighted by Gasteiger charge is 2.16. The van der Waals surface area contributed by atoms with Crippen molar-refractivity contribution < 1.29 is 9.53 Å². The number of ether oxygens (including phenoxy) is 1. The third-order valence-electron chi connectivity index (χ3n) is 4.09. The molecule has 2 aromatic carbocycles. The lowest BCUT2D eigenvalue weighted by atomic mass is 10.2. The largest absolute Gasteiger partial charge is 0.378 e. The number of aromatic nitrogens is 1. The molecule has 0 saturated carbocycles. The number of thiazole rings is 1. The molecule has 1 saturated heterocycles. The first kappa shape index (κ1) is 17.5. The standard InChI is InChI=1S/C18H15Cl2N3O2S/c19-11-1-3-13(14(20)9-11)17(24)21-12-2-4-15-16(10-12)26-18(22-15)23-5-7-25-8-6-23/h1-4,9-10H,5-8H2,(H,21,24). The van der Waals surface area contributed by atoms with Gasteiger partial charge >= 0.3 is 0 Å². The summed E-state index contributed by atoms with van der Waals surface area (Å²) in [6, 6.07) is 10.5. The number of nitrogens with zero attached hydrogens (tertiary/aromatic N) is 2. The van der Waals surface area contributed by atoms with Gasteiger partial charge in [0.05, 0.1) is 34.0 Å². The van der Waals surface area contributed by atoms with Gasteiger partial charge in [-0.15, -0.1) is 0 Å². The molecular formula is C18H15Cl2N3O2S. The molecule has 134 valence electrons. The average molecular weight is 408 g/mol. The van der Waals surface area contributed by atoms with Gasteiger partial charge in [0, 0.05) is 23.8 Å². The predicted molar refractivity (Wildman–Crippen MR) is 107 cm³/mol. The first-order valence-electron chi connectivity index (χ1n) is 8.10. The maximum atomic E-state index is 12.5. The maximum absolute atomic E-state index is 12.5. The van der Waals surface area contributed by atoms with Crippen LogP contribution >= 0.6 is 34.5 Å². The summed E-state index contributed by atoms with van der Waals surface area (Å²) in [5, 5.41) is 4.67. The first-order valence-corrected chi connectivity index (χ1v) is 9.67. The Morgan fingerprint density at radius 2 is 1.96 bits per heavy atom. The van der Waals surface area contributed by atoms with Crippen molar-refractivity contribution in [1.82, 2.24) is 4.98 Å². The second-order valence-electron chi connectivity index (χ2n) is 5.86. The van der Waals surface area contributed by atoms with Crippen LogP contribution < -0.4 is 10.2 Å². The number of amides is 1. The van der Waals surface area contributed by atoms with E-state index in [1.54, 1.807) is 29.5 Å². The Labute approximate surface area is 164 Å². The molecule has 26 heavy (non-hydrogen) atoms. The van der Waals surface area contributed by atoms with Gasteiger partial charge in [-0.3, -0.25) is 4.79 Å². The number of hydrogen-bond donors (Lipinski definition) is 1. The SMILES string of the molecule is O=C(Nc1ccc2nc(N3CCOCC3)sc2c1)c1ccc(Cl)cc1Cl. The molecule has 1 N–H and O–H groups in total. The van der Waals surface area contributed by atoms with Crippen LogP contribution in [0.1, 0.15) is 10.4 Å². The molecule has 0 bridgehead atoms. The van der Waals surface area contributed by atoms with Crippen LogP contribution in [-0.4, -0.2) is 37.2 Å². The molecule has 2 heterocycles. The van der Waals surface area contributed by atoms with E-state index in [9.17, 15) is 4.79 Å². The topological polar surface area (TPSA) is 54.5 Å². The van der Waals surface area contributed by atoms with Crippen LogP contribution in [0.2, 0.25) is 10.0 Å². The van der Waals surface area contributed by atoms with Crippen molar-refractivity contribution in [1.29, 1.82) is 0 Å². The Bertz CT molecular complexity index is 970. The number of rotatable bonds is 3. The Kier molecular flexibility index (Phi) is 5.00. The van der Waals surface area contributed by atoms with E-state index in [4.69, 9.17) is 27.9 Å². The summed E-state index contributed by atoms with van der Waals surface area (Å²) in [4.78, 5) is 19.4. The maximum Gasteiger partial charge on any atom is 0.257 e. The van der Waals surface area contributed by atoms with Crippen molar-refractivity contribution in [3.63, 3.8) is 0 Å². The molecule has 4 rings (SSSR count). The Morgan fingerprint density at radius 1 is 1.15 bits per heavy atom. The first-order chi connectivity index (χ1) is 12.6. The van der Waals surface area contributed by atoms with Gasteiger partial charge < -0.3 is 15.0 Å². The van der Waals surface area contributed by atoms with E-state index in [2.05, 4.69) is 15.2 Å². The summed E-state index contributed by atoms with van der Waals surface area (Å²) in [7, 11) is 0. The third kappa shape index (κ3) is 3.64. The highest BCUT2D eigenvalue weighted by molar-refractivity contribution is 7.22. The van der Waals surface area contributed by atoms with E-state index in [0.29, 0.717) is 21.3 Å². The predicted octanol–water partition coefficient (Wildman–Crippen LogP) is 4.69. The number of carbonyl (C=O) groups excluding carboxylic acids is 1. The lowest BCUT2D eigenvalue weighted by Crippen LogP contribution is -2.36. The van der Waals surface area contributed by atoms with Crippen molar-refractivity contribution in [2.24, 2.45) is 0 Å². The van der Waals surface area contributed by atoms with Crippen LogP contribution in [0, 0.1) is 0 Å². The van der Waals surface area contributed by atoms with Gasteiger partial charge in [-0.2, -0.15) is 0 Å². The normalized spacial score (nSPS) is 14.6. The van der Waals surface area contributed by atoms with Crippen molar-refractivity contribution in [2.75, 3.05) is 36.5 Å². The third-order valence-corrected chi connectivity index (χ3v) is 5.72. The number of halogens is 2. The van der Waals surface area contributed by atoms with E-state index in [1.807, 2.05) is 18.2 Å². The zero-order valence-corrected chi connectivity index (χ0v) is 16.0. The summed E-state index contributed by atoms with van der Waals surface area (Å²) in [6.07, 6.45) is 0. The summed E-state index contributed by atoms with van der Waals surface area (Å²) in [5.74, 6) is -0.274. The van der Waals surface area contributed by atoms with Crippen LogP contribution in [-0.2, 0) is 4.74 Å². The van der Waals surface area contributed by atoms with Crippen molar-refractivity contribution in [3.05, 3.63) is 52.0 Å². The number of nitrogens with one attached hydrogen (secondary N) is 1. The second-order valence-corrected chi connectivity index (χ2v) is 7.71. The number of hydrogen-bond acceptors (Lipinski definition) is 5. The molecule has 1 aliphatic rings. The Morgan fingerprint density at radius 3 is 2.73 bits per heavy atom. The van der Waals surface area contributed by atoms with Gasteiger partial charge in [0.25, 0.3) is 5.91 Å². The fourth-order valence-electron chi connectivity index (χ4n) is 2.75. The molecule has 5 nitrogen and oxygen atoms in total. The number of benzene rings is 2. The molecule has 1 aliphatic heterocycles. The van der Waals surface area contributed by atoms with Crippen molar-refractivity contribution >= 4 is 61.5 Å². The molecule has 0 radical (unpaired) electrons.